The van der Waals surface area contributed by atoms with E-state index in [9.17, 15) is 8.42 Å². The Labute approximate surface area is 198 Å². The highest BCUT2D eigenvalue weighted by Gasteiger charge is 2.56. The molecule has 0 amide bonds. The molecule has 0 aromatic carbocycles. The summed E-state index contributed by atoms with van der Waals surface area (Å²) in [7, 11) is -0.381. The van der Waals surface area contributed by atoms with Gasteiger partial charge < -0.3 is 37.9 Å². The van der Waals surface area contributed by atoms with Crippen molar-refractivity contribution in [3.8, 4) is 0 Å². The molecule has 8 atom stereocenters. The van der Waals surface area contributed by atoms with Crippen LogP contribution < -0.4 is 0 Å². The van der Waals surface area contributed by atoms with Gasteiger partial charge in [0.1, 0.15) is 30.5 Å². The predicted octanol–water partition coefficient (Wildman–Crippen LogP) is 2.02. The fourth-order valence-electron chi connectivity index (χ4n) is 4.32. The van der Waals surface area contributed by atoms with E-state index in [-0.39, 0.29) is 46.2 Å². The van der Waals surface area contributed by atoms with Gasteiger partial charge >= 0.3 is 0 Å². The number of ether oxygens (including phenoxy) is 8. The Morgan fingerprint density at radius 3 is 1.58 bits per heavy atom. The largest absolute Gasteiger partial charge is 0.353 e. The van der Waals surface area contributed by atoms with Gasteiger partial charge in [-0.1, -0.05) is 14.4 Å². The van der Waals surface area contributed by atoms with Gasteiger partial charge in [0.25, 0.3) is 10.1 Å². The summed E-state index contributed by atoms with van der Waals surface area (Å²) in [5.74, 6) is -1.25. The molecule has 4 fully saturated rings. The molecule has 0 N–H and O–H groups in total. The van der Waals surface area contributed by atoms with Crippen LogP contribution >= 0.6 is 0 Å². The summed E-state index contributed by atoms with van der Waals surface area (Å²) in [5.41, 5.74) is 0. The molecule has 198 valence electrons. The maximum atomic E-state index is 11.0. The molecule has 4 aliphatic rings. The first-order valence-electron chi connectivity index (χ1n) is 10.7. The highest BCUT2D eigenvalue weighted by atomic mass is 32.2. The molecule has 0 aliphatic carbocycles. The second-order valence-electron chi connectivity index (χ2n) is 9.08. The van der Waals surface area contributed by atoms with Gasteiger partial charge in [0.2, 0.25) is 0 Å². The van der Waals surface area contributed by atoms with Crippen molar-refractivity contribution in [3.63, 3.8) is 0 Å². The Bertz CT molecular complexity index is 727. The van der Waals surface area contributed by atoms with Gasteiger partial charge in [-0.2, -0.15) is 8.42 Å². The molecule has 11 nitrogen and oxygen atoms in total. The Hall–Kier alpha value is -0.410. The van der Waals surface area contributed by atoms with Crippen LogP contribution in [0.4, 0.5) is 0 Å². The zero-order valence-electron chi connectivity index (χ0n) is 19.9. The summed E-state index contributed by atoms with van der Waals surface area (Å²) < 4.78 is 71.1. The molecule has 0 saturated carbocycles. The van der Waals surface area contributed by atoms with Crippen LogP contribution in [0.5, 0.6) is 0 Å². The third-order valence-electron chi connectivity index (χ3n) is 5.53. The van der Waals surface area contributed by atoms with Crippen LogP contribution in [0.15, 0.2) is 0 Å². The minimum absolute atomic E-state index is 0. The van der Waals surface area contributed by atoms with E-state index in [1.54, 1.807) is 21.0 Å². The first-order chi connectivity index (χ1) is 14.8. The van der Waals surface area contributed by atoms with Gasteiger partial charge in [-0.25, -0.2) is 0 Å². The Morgan fingerprint density at radius 1 is 0.788 bits per heavy atom. The molecular weight excluding hydrogens is 460 g/mol. The maximum Gasteiger partial charge on any atom is 0.264 e. The number of hydrogen-bond acceptors (Lipinski definition) is 11. The quantitative estimate of drug-likeness (QED) is 0.496. The standard InChI is InChI=1S/C10H18O7S.C10H18O4.CH4.H2/c1-10(2)16-7-6(5-14-18(4,11)12)15-9(13-3)8(7)17-10;1-5-6-7-8(9(11-4)12-6)14-10(2,3)13-7;;/h6-9H,5H2,1-4H3;6-9H,5H2,1-4H3;1H4;1H/t2*6-,7-,8-,9?;;/m11../s1/i;;;1+1. The SMILES string of the molecule is C.CC[C@H]1OC(OC)[C@@H]2OC(C)(C)O[C@H]12.COC1O[C@H](COS(C)(=O)=O)[C@H]2OC(C)(C)O[C@@H]12.[2HH]. The Balaban J connectivity index is 0.000000329. The van der Waals surface area contributed by atoms with Crippen molar-refractivity contribution in [2.45, 2.75) is 109 Å². The van der Waals surface area contributed by atoms with Crippen LogP contribution in [0.1, 0.15) is 49.9 Å². The van der Waals surface area contributed by atoms with E-state index < -0.39 is 40.2 Å². The summed E-state index contributed by atoms with van der Waals surface area (Å²) >= 11 is 0. The fourth-order valence-corrected chi connectivity index (χ4v) is 4.70. The van der Waals surface area contributed by atoms with Gasteiger partial charge in [-0.15, -0.1) is 0 Å². The Kier molecular flexibility index (Phi) is 9.34. The van der Waals surface area contributed by atoms with Crippen LogP contribution in [0.25, 0.3) is 0 Å². The van der Waals surface area contributed by atoms with Gasteiger partial charge in [-0.05, 0) is 34.1 Å². The monoisotopic (exact) mass is 503 g/mol. The number of fused-ring (bicyclic) bond motifs is 2. The van der Waals surface area contributed by atoms with E-state index in [0.29, 0.717) is 0 Å². The lowest BCUT2D eigenvalue weighted by atomic mass is 10.1. The number of methoxy groups -OCH3 is 2. The molecule has 4 rings (SSSR count). The lowest BCUT2D eigenvalue weighted by molar-refractivity contribution is -0.229. The third kappa shape index (κ3) is 6.84. The molecule has 4 saturated heterocycles. The molecule has 33 heavy (non-hydrogen) atoms. The highest BCUT2D eigenvalue weighted by molar-refractivity contribution is 7.85. The van der Waals surface area contributed by atoms with Crippen molar-refractivity contribution in [2.24, 2.45) is 0 Å². The summed E-state index contributed by atoms with van der Waals surface area (Å²) in [6.45, 7) is 9.38. The first-order valence-corrected chi connectivity index (χ1v) is 12.5. The van der Waals surface area contributed by atoms with E-state index in [1.807, 2.05) is 13.8 Å². The first kappa shape index (κ1) is 28.8. The minimum atomic E-state index is -3.51. The summed E-state index contributed by atoms with van der Waals surface area (Å²) in [5, 5.41) is 0. The van der Waals surface area contributed by atoms with Crippen molar-refractivity contribution in [1.29, 1.82) is 0 Å². The molecule has 12 heteroatoms. The van der Waals surface area contributed by atoms with Crippen molar-refractivity contribution < 1.29 is 51.9 Å². The summed E-state index contributed by atoms with van der Waals surface area (Å²) in [6.07, 6.45) is -0.242. The van der Waals surface area contributed by atoms with Crippen LogP contribution in [-0.4, -0.2) is 96.3 Å². The second-order valence-corrected chi connectivity index (χ2v) is 10.7. The summed E-state index contributed by atoms with van der Waals surface area (Å²) in [4.78, 5) is 0. The highest BCUT2D eigenvalue weighted by Crippen LogP contribution is 2.40. The van der Waals surface area contributed by atoms with Crippen molar-refractivity contribution in [1.82, 2.24) is 0 Å². The van der Waals surface area contributed by atoms with Crippen LogP contribution in [0.2, 0.25) is 0 Å². The lowest BCUT2D eigenvalue weighted by Crippen LogP contribution is -2.33. The van der Waals surface area contributed by atoms with Crippen molar-refractivity contribution in [2.75, 3.05) is 27.1 Å². The van der Waals surface area contributed by atoms with Gasteiger partial charge in [-0.3, -0.25) is 4.18 Å². The number of hydrogen-bond donors (Lipinski definition) is 0. The molecule has 0 radical (unpaired) electrons. The van der Waals surface area contributed by atoms with E-state index in [1.165, 1.54) is 7.11 Å². The van der Waals surface area contributed by atoms with Crippen molar-refractivity contribution in [3.05, 3.63) is 0 Å². The topological polar surface area (TPSA) is 117 Å². The molecule has 2 unspecified atom stereocenters. The molecule has 0 bridgehead atoms. The predicted molar refractivity (Wildman–Crippen MR) is 119 cm³/mol. The molecule has 0 aromatic rings. The molecule has 0 aromatic heterocycles. The van der Waals surface area contributed by atoms with Crippen LogP contribution in [0.3, 0.4) is 0 Å². The van der Waals surface area contributed by atoms with Gasteiger partial charge in [0, 0.05) is 15.6 Å². The van der Waals surface area contributed by atoms with Crippen molar-refractivity contribution >= 4 is 10.1 Å². The normalized spacial score (nSPS) is 40.5. The summed E-state index contributed by atoms with van der Waals surface area (Å²) in [6, 6.07) is 0. The van der Waals surface area contributed by atoms with Crippen LogP contribution in [-0.2, 0) is 52.2 Å². The molecule has 4 heterocycles. The van der Waals surface area contributed by atoms with E-state index in [0.717, 1.165) is 12.7 Å². The third-order valence-corrected chi connectivity index (χ3v) is 6.09. The van der Waals surface area contributed by atoms with Gasteiger partial charge in [0.05, 0.1) is 19.0 Å². The zero-order valence-corrected chi connectivity index (χ0v) is 20.7. The second kappa shape index (κ2) is 10.7. The Morgan fingerprint density at radius 2 is 1.18 bits per heavy atom. The maximum absolute atomic E-state index is 11.0. The fraction of sp³-hybridized carbons (Fsp3) is 1.00. The van der Waals surface area contributed by atoms with E-state index >= 15 is 0 Å². The smallest absolute Gasteiger partial charge is 0.264 e. The molecule has 4 aliphatic heterocycles. The molecular formula is C21H42O11S. The van der Waals surface area contributed by atoms with Crippen LogP contribution in [0, 0.1) is 0 Å². The lowest BCUT2D eigenvalue weighted by Gasteiger charge is -2.23. The van der Waals surface area contributed by atoms with E-state index in [2.05, 4.69) is 6.92 Å². The average Bonchev–Trinajstić information content (AvgIpc) is 3.36. The minimum Gasteiger partial charge on any atom is -0.353 e. The van der Waals surface area contributed by atoms with Gasteiger partial charge in [0.15, 0.2) is 24.2 Å². The number of rotatable bonds is 6. The average molecular weight is 504 g/mol. The molecule has 0 spiro atoms. The van der Waals surface area contributed by atoms with E-state index in [4.69, 9.17) is 42.1 Å². The zero-order chi connectivity index (χ0) is 23.9.